The number of hydrogen-bond acceptors (Lipinski definition) is 3. The van der Waals surface area contributed by atoms with Gasteiger partial charge < -0.3 is 16.4 Å². The molecule has 7 heteroatoms. The number of carbonyl (C=O) groups excluding carboxylic acids is 2. The fourth-order valence-corrected chi connectivity index (χ4v) is 2.91. The minimum atomic E-state index is -0.728. The first kappa shape index (κ1) is 19.9. The van der Waals surface area contributed by atoms with Crippen LogP contribution in [-0.4, -0.2) is 30.4 Å². The van der Waals surface area contributed by atoms with Crippen molar-refractivity contribution in [2.24, 2.45) is 5.73 Å². The second kappa shape index (κ2) is 9.25. The molecular formula is C16H23BrClN3O2. The Hall–Kier alpha value is -1.11. The van der Waals surface area contributed by atoms with Gasteiger partial charge in [-0.05, 0) is 37.1 Å². The lowest BCUT2D eigenvalue weighted by Crippen LogP contribution is -2.55. The summed E-state index contributed by atoms with van der Waals surface area (Å²) >= 11 is 3.33. The van der Waals surface area contributed by atoms with E-state index in [-0.39, 0.29) is 24.2 Å². The molecule has 0 heterocycles. The van der Waals surface area contributed by atoms with Crippen LogP contribution in [0.5, 0.6) is 0 Å². The molecule has 0 spiro atoms. The minimum Gasteiger partial charge on any atom is -0.353 e. The van der Waals surface area contributed by atoms with Gasteiger partial charge in [0.15, 0.2) is 0 Å². The van der Waals surface area contributed by atoms with Gasteiger partial charge in [0.25, 0.3) is 5.91 Å². The lowest BCUT2D eigenvalue weighted by atomic mass is 9.82. The van der Waals surface area contributed by atoms with E-state index >= 15 is 0 Å². The molecule has 4 N–H and O–H groups in total. The topological polar surface area (TPSA) is 84.2 Å². The summed E-state index contributed by atoms with van der Waals surface area (Å²) in [6.07, 6.45) is 4.64. The summed E-state index contributed by atoms with van der Waals surface area (Å²) in [5.41, 5.74) is 6.01. The maximum absolute atomic E-state index is 12.1. The van der Waals surface area contributed by atoms with E-state index in [1.54, 1.807) is 12.1 Å². The van der Waals surface area contributed by atoms with Gasteiger partial charge in [-0.15, -0.1) is 12.4 Å². The van der Waals surface area contributed by atoms with Crippen molar-refractivity contribution in [2.75, 3.05) is 13.1 Å². The second-order valence-corrected chi connectivity index (χ2v) is 6.65. The van der Waals surface area contributed by atoms with Crippen molar-refractivity contribution >= 4 is 40.2 Å². The number of rotatable bonds is 5. The Labute approximate surface area is 151 Å². The summed E-state index contributed by atoms with van der Waals surface area (Å²) in [7, 11) is 0. The summed E-state index contributed by atoms with van der Waals surface area (Å²) in [6, 6.07) is 7.12. The second-order valence-electron chi connectivity index (χ2n) is 5.74. The zero-order chi connectivity index (χ0) is 16.0. The van der Waals surface area contributed by atoms with Crippen LogP contribution in [0.2, 0.25) is 0 Å². The summed E-state index contributed by atoms with van der Waals surface area (Å²) < 4.78 is 0.928. The molecule has 0 atom stereocenters. The molecule has 23 heavy (non-hydrogen) atoms. The van der Waals surface area contributed by atoms with Crippen LogP contribution in [0.1, 0.15) is 42.5 Å². The highest BCUT2D eigenvalue weighted by Crippen LogP contribution is 2.25. The van der Waals surface area contributed by atoms with E-state index in [0.29, 0.717) is 18.7 Å². The molecular weight excluding hydrogens is 382 g/mol. The van der Waals surface area contributed by atoms with Crippen LogP contribution in [0.15, 0.2) is 28.7 Å². The Morgan fingerprint density at radius 1 is 1.04 bits per heavy atom. The van der Waals surface area contributed by atoms with Crippen molar-refractivity contribution in [3.8, 4) is 0 Å². The van der Waals surface area contributed by atoms with E-state index in [2.05, 4.69) is 26.6 Å². The van der Waals surface area contributed by atoms with Crippen molar-refractivity contribution in [3.63, 3.8) is 0 Å². The van der Waals surface area contributed by atoms with Gasteiger partial charge >= 0.3 is 0 Å². The van der Waals surface area contributed by atoms with Gasteiger partial charge in [0, 0.05) is 23.1 Å². The maximum Gasteiger partial charge on any atom is 0.251 e. The summed E-state index contributed by atoms with van der Waals surface area (Å²) in [5, 5.41) is 5.60. The smallest absolute Gasteiger partial charge is 0.251 e. The molecule has 1 fully saturated rings. The van der Waals surface area contributed by atoms with Gasteiger partial charge in [0.2, 0.25) is 5.91 Å². The van der Waals surface area contributed by atoms with Crippen LogP contribution in [0.4, 0.5) is 0 Å². The Balaban J connectivity index is 0.00000264. The van der Waals surface area contributed by atoms with Gasteiger partial charge in [-0.1, -0.05) is 35.2 Å². The monoisotopic (exact) mass is 403 g/mol. The first-order valence-corrected chi connectivity index (χ1v) is 8.41. The lowest BCUT2D eigenvalue weighted by Gasteiger charge is -2.31. The van der Waals surface area contributed by atoms with E-state index < -0.39 is 5.54 Å². The zero-order valence-corrected chi connectivity index (χ0v) is 15.3. The molecule has 0 radical (unpaired) electrons. The number of carbonyl (C=O) groups is 2. The largest absolute Gasteiger partial charge is 0.353 e. The lowest BCUT2D eigenvalue weighted by molar-refractivity contribution is -0.127. The molecule has 1 aliphatic rings. The molecule has 0 bridgehead atoms. The van der Waals surface area contributed by atoms with Crippen molar-refractivity contribution in [2.45, 2.75) is 37.6 Å². The molecule has 0 saturated heterocycles. The van der Waals surface area contributed by atoms with E-state index in [4.69, 9.17) is 5.73 Å². The standard InChI is InChI=1S/C16H22BrN3O2.ClH/c17-13-6-4-12(5-7-13)14(21)19-10-11-20-15(22)16(18)8-2-1-3-9-16;/h4-7H,1-3,8-11,18H2,(H,19,21)(H,20,22);1H. The molecule has 1 aromatic rings. The number of hydrogen-bond donors (Lipinski definition) is 3. The first-order valence-electron chi connectivity index (χ1n) is 7.62. The fourth-order valence-electron chi connectivity index (χ4n) is 2.64. The third kappa shape index (κ3) is 5.79. The normalized spacial score (nSPS) is 16.1. The average Bonchev–Trinajstić information content (AvgIpc) is 2.52. The van der Waals surface area contributed by atoms with Crippen LogP contribution >= 0.6 is 28.3 Å². The van der Waals surface area contributed by atoms with E-state index in [1.165, 1.54) is 0 Å². The van der Waals surface area contributed by atoms with E-state index in [0.717, 1.165) is 36.6 Å². The van der Waals surface area contributed by atoms with Gasteiger partial charge in [-0.2, -0.15) is 0 Å². The SMILES string of the molecule is Cl.NC1(C(=O)NCCNC(=O)c2ccc(Br)cc2)CCCCC1. The molecule has 0 aromatic heterocycles. The number of halogens is 2. The van der Waals surface area contributed by atoms with Crippen molar-refractivity contribution in [1.82, 2.24) is 10.6 Å². The highest BCUT2D eigenvalue weighted by molar-refractivity contribution is 9.10. The first-order chi connectivity index (χ1) is 10.5. The van der Waals surface area contributed by atoms with E-state index in [9.17, 15) is 9.59 Å². The molecule has 128 valence electrons. The maximum atomic E-state index is 12.1. The zero-order valence-electron chi connectivity index (χ0n) is 12.9. The molecule has 1 aromatic carbocycles. The summed E-state index contributed by atoms with van der Waals surface area (Å²) in [5.74, 6) is -0.257. The Kier molecular flexibility index (Phi) is 8.02. The minimum absolute atomic E-state index is 0. The molecule has 2 amide bonds. The number of nitrogens with two attached hydrogens (primary N) is 1. The molecule has 2 rings (SSSR count). The summed E-state index contributed by atoms with van der Waals surface area (Å²) in [6.45, 7) is 0.775. The highest BCUT2D eigenvalue weighted by atomic mass is 79.9. The molecule has 1 saturated carbocycles. The summed E-state index contributed by atoms with van der Waals surface area (Å²) in [4.78, 5) is 24.0. The van der Waals surface area contributed by atoms with Crippen molar-refractivity contribution in [3.05, 3.63) is 34.3 Å². The predicted octanol–water partition coefficient (Wildman–Crippen LogP) is 2.38. The molecule has 5 nitrogen and oxygen atoms in total. The van der Waals surface area contributed by atoms with Gasteiger partial charge in [-0.3, -0.25) is 9.59 Å². The molecule has 0 aliphatic heterocycles. The van der Waals surface area contributed by atoms with Crippen molar-refractivity contribution < 1.29 is 9.59 Å². The number of benzene rings is 1. The van der Waals surface area contributed by atoms with Crippen LogP contribution in [0, 0.1) is 0 Å². The highest BCUT2D eigenvalue weighted by Gasteiger charge is 2.34. The van der Waals surface area contributed by atoms with Crippen LogP contribution in [0.25, 0.3) is 0 Å². The Bertz CT molecular complexity index is 531. The van der Waals surface area contributed by atoms with Gasteiger partial charge in [0.1, 0.15) is 0 Å². The third-order valence-electron chi connectivity index (χ3n) is 4.00. The number of amides is 2. The molecule has 1 aliphatic carbocycles. The third-order valence-corrected chi connectivity index (χ3v) is 4.53. The van der Waals surface area contributed by atoms with Crippen LogP contribution < -0.4 is 16.4 Å². The van der Waals surface area contributed by atoms with Gasteiger partial charge in [-0.25, -0.2) is 0 Å². The number of nitrogens with one attached hydrogen (secondary N) is 2. The fraction of sp³-hybridized carbons (Fsp3) is 0.500. The predicted molar refractivity (Wildman–Crippen MR) is 96.7 cm³/mol. The van der Waals surface area contributed by atoms with Crippen LogP contribution in [0.3, 0.4) is 0 Å². The quantitative estimate of drug-likeness (QED) is 0.659. The average molecular weight is 405 g/mol. The van der Waals surface area contributed by atoms with E-state index in [1.807, 2.05) is 12.1 Å². The van der Waals surface area contributed by atoms with Crippen molar-refractivity contribution in [1.29, 1.82) is 0 Å². The molecule has 0 unspecified atom stereocenters. The van der Waals surface area contributed by atoms with Crippen LogP contribution in [-0.2, 0) is 4.79 Å². The Morgan fingerprint density at radius 3 is 2.22 bits per heavy atom. The Morgan fingerprint density at radius 2 is 1.61 bits per heavy atom. The van der Waals surface area contributed by atoms with Gasteiger partial charge in [0.05, 0.1) is 5.54 Å².